The Morgan fingerprint density at radius 3 is 2.67 bits per heavy atom. The highest BCUT2D eigenvalue weighted by Crippen LogP contribution is 2.13. The third kappa shape index (κ3) is 3.51. The lowest BCUT2D eigenvalue weighted by Gasteiger charge is -2.37. The van der Waals surface area contributed by atoms with E-state index in [9.17, 15) is 9.18 Å². The number of carbonyl (C=O) groups excluding carboxylic acids is 1. The summed E-state index contributed by atoms with van der Waals surface area (Å²) in [5.41, 5.74) is 0.876. The number of rotatable bonds is 5. The predicted molar refractivity (Wildman–Crippen MR) is 65.3 cm³/mol. The van der Waals surface area contributed by atoms with Crippen LogP contribution in [0.5, 0.6) is 0 Å². The van der Waals surface area contributed by atoms with Gasteiger partial charge in [0.15, 0.2) is 0 Å². The zero-order valence-corrected chi connectivity index (χ0v) is 10.1. The lowest BCUT2D eigenvalue weighted by molar-refractivity contribution is -0.124. The standard InChI is InChI=1S/C13H17FN2O2/c14-12-3-1-10(2-4-12)5-15-13(18)8-16-6-11(7-16)9-17/h1-4,11,17H,5-9H2,(H,15,18). The van der Waals surface area contributed by atoms with Crippen molar-refractivity contribution in [1.82, 2.24) is 10.2 Å². The summed E-state index contributed by atoms with van der Waals surface area (Å²) in [6.45, 7) is 2.52. The van der Waals surface area contributed by atoms with Gasteiger partial charge in [0, 0.05) is 32.2 Å². The van der Waals surface area contributed by atoms with Gasteiger partial charge < -0.3 is 10.4 Å². The summed E-state index contributed by atoms with van der Waals surface area (Å²) >= 11 is 0. The van der Waals surface area contributed by atoms with Crippen molar-refractivity contribution >= 4 is 5.91 Å². The largest absolute Gasteiger partial charge is 0.396 e. The minimum absolute atomic E-state index is 0.0456. The molecule has 0 saturated carbocycles. The molecule has 0 bridgehead atoms. The van der Waals surface area contributed by atoms with Gasteiger partial charge in [0.25, 0.3) is 0 Å². The average Bonchev–Trinajstić information content (AvgIpc) is 2.32. The first-order chi connectivity index (χ1) is 8.67. The van der Waals surface area contributed by atoms with Crippen molar-refractivity contribution in [2.24, 2.45) is 5.92 Å². The smallest absolute Gasteiger partial charge is 0.234 e. The molecule has 1 amide bonds. The number of benzene rings is 1. The predicted octanol–water partition coefficient (Wildman–Crippen LogP) is 0.366. The van der Waals surface area contributed by atoms with E-state index < -0.39 is 0 Å². The molecular weight excluding hydrogens is 235 g/mol. The van der Waals surface area contributed by atoms with Crippen LogP contribution in [0.25, 0.3) is 0 Å². The van der Waals surface area contributed by atoms with Crippen molar-refractivity contribution in [1.29, 1.82) is 0 Å². The van der Waals surface area contributed by atoms with Crippen LogP contribution in [0.3, 0.4) is 0 Å². The number of hydrogen-bond donors (Lipinski definition) is 2. The van der Waals surface area contributed by atoms with E-state index in [2.05, 4.69) is 5.32 Å². The molecule has 1 fully saturated rings. The van der Waals surface area contributed by atoms with Gasteiger partial charge in [-0.3, -0.25) is 9.69 Å². The molecule has 2 N–H and O–H groups in total. The minimum atomic E-state index is -0.277. The number of aliphatic hydroxyl groups is 1. The van der Waals surface area contributed by atoms with Gasteiger partial charge in [0.2, 0.25) is 5.91 Å². The van der Waals surface area contributed by atoms with E-state index in [4.69, 9.17) is 5.11 Å². The van der Waals surface area contributed by atoms with Gasteiger partial charge in [0.05, 0.1) is 6.54 Å². The van der Waals surface area contributed by atoms with Crippen LogP contribution in [0.15, 0.2) is 24.3 Å². The number of hydrogen-bond acceptors (Lipinski definition) is 3. The molecule has 0 unspecified atom stereocenters. The normalized spacial score (nSPS) is 16.3. The third-order valence-electron chi connectivity index (χ3n) is 3.06. The molecule has 4 nitrogen and oxygen atoms in total. The molecule has 0 radical (unpaired) electrons. The highest BCUT2D eigenvalue weighted by Gasteiger charge is 2.26. The van der Waals surface area contributed by atoms with Gasteiger partial charge >= 0.3 is 0 Å². The van der Waals surface area contributed by atoms with Crippen LogP contribution in [0.1, 0.15) is 5.56 Å². The average molecular weight is 252 g/mol. The molecule has 1 heterocycles. The van der Waals surface area contributed by atoms with Crippen LogP contribution in [-0.4, -0.2) is 42.2 Å². The highest BCUT2D eigenvalue weighted by atomic mass is 19.1. The fourth-order valence-corrected chi connectivity index (χ4v) is 1.98. The molecule has 1 aliphatic rings. The minimum Gasteiger partial charge on any atom is -0.396 e. The van der Waals surface area contributed by atoms with Crippen LogP contribution in [0.4, 0.5) is 4.39 Å². The van der Waals surface area contributed by atoms with Crippen molar-refractivity contribution in [3.63, 3.8) is 0 Å². The molecule has 98 valence electrons. The number of halogens is 1. The maximum atomic E-state index is 12.7. The SMILES string of the molecule is O=C(CN1CC(CO)C1)NCc1ccc(F)cc1. The first-order valence-electron chi connectivity index (χ1n) is 6.01. The van der Waals surface area contributed by atoms with Gasteiger partial charge in [-0.05, 0) is 17.7 Å². The molecule has 0 atom stereocenters. The summed E-state index contributed by atoms with van der Waals surface area (Å²) < 4.78 is 12.7. The fourth-order valence-electron chi connectivity index (χ4n) is 1.98. The summed E-state index contributed by atoms with van der Waals surface area (Å²) in [7, 11) is 0. The number of nitrogens with one attached hydrogen (secondary N) is 1. The highest BCUT2D eigenvalue weighted by molar-refractivity contribution is 5.78. The summed E-state index contributed by atoms with van der Waals surface area (Å²) in [4.78, 5) is 13.6. The molecule has 0 aromatic heterocycles. The van der Waals surface area contributed by atoms with Gasteiger partial charge in [0.1, 0.15) is 5.82 Å². The molecule has 1 aromatic carbocycles. The van der Waals surface area contributed by atoms with Crippen LogP contribution < -0.4 is 5.32 Å². The molecule has 1 aliphatic heterocycles. The van der Waals surface area contributed by atoms with Crippen molar-refractivity contribution in [2.45, 2.75) is 6.54 Å². The van der Waals surface area contributed by atoms with Crippen molar-refractivity contribution in [3.05, 3.63) is 35.6 Å². The van der Waals surface area contributed by atoms with Crippen LogP contribution in [0, 0.1) is 11.7 Å². The maximum absolute atomic E-state index is 12.7. The topological polar surface area (TPSA) is 52.6 Å². The third-order valence-corrected chi connectivity index (χ3v) is 3.06. The van der Waals surface area contributed by atoms with E-state index in [0.717, 1.165) is 18.7 Å². The van der Waals surface area contributed by atoms with Crippen LogP contribution >= 0.6 is 0 Å². The Morgan fingerprint density at radius 1 is 1.39 bits per heavy atom. The Morgan fingerprint density at radius 2 is 2.06 bits per heavy atom. The quantitative estimate of drug-likeness (QED) is 0.796. The summed E-state index contributed by atoms with van der Waals surface area (Å²) in [5.74, 6) is -0.00804. The molecule has 1 saturated heterocycles. The van der Waals surface area contributed by atoms with Gasteiger partial charge in [-0.1, -0.05) is 12.1 Å². The molecule has 2 rings (SSSR count). The molecule has 0 spiro atoms. The number of amides is 1. The van der Waals surface area contributed by atoms with Gasteiger partial charge in [-0.25, -0.2) is 4.39 Å². The second-order valence-corrected chi connectivity index (χ2v) is 4.65. The Balaban J connectivity index is 1.67. The van der Waals surface area contributed by atoms with E-state index in [1.165, 1.54) is 12.1 Å². The number of nitrogens with zero attached hydrogens (tertiary/aromatic N) is 1. The molecule has 0 aliphatic carbocycles. The van der Waals surface area contributed by atoms with E-state index in [0.29, 0.717) is 19.0 Å². The molecular formula is C13H17FN2O2. The first kappa shape index (κ1) is 13.0. The van der Waals surface area contributed by atoms with Crippen molar-refractivity contribution in [2.75, 3.05) is 26.2 Å². The first-order valence-corrected chi connectivity index (χ1v) is 6.01. The number of carbonyl (C=O) groups is 1. The van der Waals surface area contributed by atoms with Crippen molar-refractivity contribution < 1.29 is 14.3 Å². The second-order valence-electron chi connectivity index (χ2n) is 4.65. The zero-order valence-electron chi connectivity index (χ0n) is 10.1. The Kier molecular flexibility index (Phi) is 4.28. The van der Waals surface area contributed by atoms with Gasteiger partial charge in [-0.2, -0.15) is 0 Å². The van der Waals surface area contributed by atoms with E-state index in [1.807, 2.05) is 4.90 Å². The summed E-state index contributed by atoms with van der Waals surface area (Å²) in [6, 6.07) is 6.06. The second kappa shape index (κ2) is 5.93. The molecule has 18 heavy (non-hydrogen) atoms. The monoisotopic (exact) mass is 252 g/mol. The van der Waals surface area contributed by atoms with E-state index >= 15 is 0 Å². The van der Waals surface area contributed by atoms with E-state index in [1.54, 1.807) is 12.1 Å². The van der Waals surface area contributed by atoms with Crippen molar-refractivity contribution in [3.8, 4) is 0 Å². The summed E-state index contributed by atoms with van der Waals surface area (Å²) in [6.07, 6.45) is 0. The van der Waals surface area contributed by atoms with Gasteiger partial charge in [-0.15, -0.1) is 0 Å². The van der Waals surface area contributed by atoms with E-state index in [-0.39, 0.29) is 18.3 Å². The Labute approximate surface area is 105 Å². The molecule has 5 heteroatoms. The number of likely N-dealkylation sites (tertiary alicyclic amines) is 1. The Bertz CT molecular complexity index is 402. The lowest BCUT2D eigenvalue weighted by Crippen LogP contribution is -2.51. The summed E-state index contributed by atoms with van der Waals surface area (Å²) in [5, 5.41) is 11.6. The van der Waals surface area contributed by atoms with Crippen LogP contribution in [-0.2, 0) is 11.3 Å². The maximum Gasteiger partial charge on any atom is 0.234 e. The molecule has 1 aromatic rings. The number of aliphatic hydroxyl groups excluding tert-OH is 1. The lowest BCUT2D eigenvalue weighted by atomic mass is 10.0. The fraction of sp³-hybridized carbons (Fsp3) is 0.462. The van der Waals surface area contributed by atoms with Crippen LogP contribution in [0.2, 0.25) is 0 Å². The zero-order chi connectivity index (χ0) is 13.0. The Hall–Kier alpha value is -1.46.